The van der Waals surface area contributed by atoms with Crippen LogP contribution in [0.3, 0.4) is 0 Å². The lowest BCUT2D eigenvalue weighted by Crippen LogP contribution is -2.55. The monoisotopic (exact) mass is 667 g/mol. The largest absolute Gasteiger partial charge is 0.481 e. The molecular weight excluding hydrogens is 643 g/mol. The number of rotatable bonds is 10. The van der Waals surface area contributed by atoms with Crippen molar-refractivity contribution in [3.63, 3.8) is 0 Å². The number of carboxylic acids is 1. The molecule has 2 atom stereocenters. The number of benzene rings is 1. The van der Waals surface area contributed by atoms with Crippen LogP contribution >= 0.6 is 22.9 Å². The molecule has 2 amide bonds. The van der Waals surface area contributed by atoms with Crippen LogP contribution in [0.4, 0.5) is 22.8 Å². The van der Waals surface area contributed by atoms with E-state index in [0.29, 0.717) is 32.4 Å². The van der Waals surface area contributed by atoms with Gasteiger partial charge in [0.25, 0.3) is 0 Å². The van der Waals surface area contributed by atoms with E-state index in [1.165, 1.54) is 29.5 Å². The predicted molar refractivity (Wildman–Crippen MR) is 154 cm³/mol. The molecule has 0 spiro atoms. The summed E-state index contributed by atoms with van der Waals surface area (Å²) in [5, 5.41) is 20.2. The lowest BCUT2D eigenvalue weighted by atomic mass is 9.90. The number of ether oxygens (including phenoxy) is 2. The fourth-order valence-electron chi connectivity index (χ4n) is 5.07. The Balaban J connectivity index is 1.64. The van der Waals surface area contributed by atoms with Crippen LogP contribution in [0.5, 0.6) is 0 Å². The molecular formula is C27H25ClF3N7O6S. The number of carbonyl (C=O) groups excluding carboxylic acids is 2. The van der Waals surface area contributed by atoms with Gasteiger partial charge >= 0.3 is 24.7 Å². The van der Waals surface area contributed by atoms with Crippen molar-refractivity contribution in [1.82, 2.24) is 30.3 Å². The van der Waals surface area contributed by atoms with Crippen molar-refractivity contribution in [1.29, 1.82) is 0 Å². The van der Waals surface area contributed by atoms with Crippen molar-refractivity contribution in [2.75, 3.05) is 26.8 Å². The highest BCUT2D eigenvalue weighted by atomic mass is 35.5. The van der Waals surface area contributed by atoms with E-state index in [2.05, 4.69) is 20.7 Å². The van der Waals surface area contributed by atoms with Crippen molar-refractivity contribution >= 4 is 52.5 Å². The van der Waals surface area contributed by atoms with Gasteiger partial charge in [-0.3, -0.25) is 9.79 Å². The van der Waals surface area contributed by atoms with Crippen LogP contribution in [-0.4, -0.2) is 81.1 Å². The first-order valence-corrected chi connectivity index (χ1v) is 14.5. The molecule has 4 heterocycles. The SMILES string of the molecule is COC(=O)N[C@]1(COC(=O)NCCC(=O)O)CC2=C(c3ccn(C(F)F)n3)[C@H](c3ccc(F)cc3Cl)N=C(c3nccs3)N2C1. The molecule has 0 aliphatic carbocycles. The van der Waals surface area contributed by atoms with Crippen LogP contribution in [0, 0.1) is 5.82 Å². The first-order chi connectivity index (χ1) is 21.5. The molecule has 0 unspecified atom stereocenters. The molecule has 13 nitrogen and oxygen atoms in total. The van der Waals surface area contributed by atoms with E-state index in [4.69, 9.17) is 31.2 Å². The van der Waals surface area contributed by atoms with Gasteiger partial charge in [-0.25, -0.2) is 23.6 Å². The number of halogens is 4. The van der Waals surface area contributed by atoms with Crippen LogP contribution in [0.1, 0.15) is 41.7 Å². The number of methoxy groups -OCH3 is 1. The van der Waals surface area contributed by atoms with E-state index >= 15 is 0 Å². The van der Waals surface area contributed by atoms with Gasteiger partial charge in [0.2, 0.25) is 0 Å². The number of alkyl halides is 2. The van der Waals surface area contributed by atoms with Gasteiger partial charge in [0.05, 0.1) is 25.8 Å². The Labute approximate surface area is 262 Å². The quantitative estimate of drug-likeness (QED) is 0.284. The summed E-state index contributed by atoms with van der Waals surface area (Å²) in [4.78, 5) is 46.9. The van der Waals surface area contributed by atoms with Crippen LogP contribution in [0.2, 0.25) is 5.02 Å². The number of nitrogens with zero attached hydrogens (tertiary/aromatic N) is 5. The summed E-state index contributed by atoms with van der Waals surface area (Å²) in [6.45, 7) is -3.59. The van der Waals surface area contributed by atoms with Gasteiger partial charge in [0.15, 0.2) is 10.8 Å². The average Bonchev–Trinajstić information content (AvgIpc) is 3.76. The molecule has 18 heteroatoms. The van der Waals surface area contributed by atoms with Crippen LogP contribution in [0.25, 0.3) is 5.57 Å². The summed E-state index contributed by atoms with van der Waals surface area (Å²) in [6.07, 6.45) is 0.506. The van der Waals surface area contributed by atoms with Crippen molar-refractivity contribution in [2.24, 2.45) is 4.99 Å². The van der Waals surface area contributed by atoms with Gasteiger partial charge in [-0.05, 0) is 18.2 Å². The third kappa shape index (κ3) is 6.88. The number of aromatic nitrogens is 3. The number of carbonyl (C=O) groups is 3. The zero-order chi connectivity index (χ0) is 32.3. The lowest BCUT2D eigenvalue weighted by Gasteiger charge is -2.32. The summed E-state index contributed by atoms with van der Waals surface area (Å²) in [7, 11) is 1.15. The molecule has 1 saturated heterocycles. The number of hydrogen-bond acceptors (Lipinski definition) is 10. The first kappa shape index (κ1) is 31.8. The fraction of sp³-hybridized carbons (Fsp3) is 0.333. The number of alkyl carbamates (subject to hydrolysis) is 2. The minimum atomic E-state index is -2.94. The van der Waals surface area contributed by atoms with Crippen LogP contribution in [-0.2, 0) is 14.3 Å². The van der Waals surface area contributed by atoms with E-state index in [1.807, 2.05) is 0 Å². The maximum absolute atomic E-state index is 14.1. The maximum Gasteiger partial charge on any atom is 0.407 e. The summed E-state index contributed by atoms with van der Waals surface area (Å²) in [6, 6.07) is 4.14. The molecule has 1 aromatic carbocycles. The number of aliphatic imine (C=N–C) groups is 1. The Morgan fingerprint density at radius 2 is 2.07 bits per heavy atom. The Bertz CT molecular complexity index is 1670. The third-order valence-electron chi connectivity index (χ3n) is 6.99. The second-order valence-corrected chi connectivity index (χ2v) is 11.3. The summed E-state index contributed by atoms with van der Waals surface area (Å²) in [5.74, 6) is -1.38. The highest BCUT2D eigenvalue weighted by Crippen LogP contribution is 2.48. The Kier molecular flexibility index (Phi) is 9.29. The van der Waals surface area contributed by atoms with Gasteiger partial charge in [0.1, 0.15) is 24.0 Å². The van der Waals surface area contributed by atoms with E-state index in [-0.39, 0.29) is 36.6 Å². The summed E-state index contributed by atoms with van der Waals surface area (Å²) < 4.78 is 52.1. The Morgan fingerprint density at radius 3 is 2.71 bits per heavy atom. The smallest absolute Gasteiger partial charge is 0.407 e. The molecule has 1 fully saturated rings. The van der Waals surface area contributed by atoms with E-state index in [1.54, 1.807) is 16.5 Å². The molecule has 2 aliphatic rings. The molecule has 5 rings (SSSR count). The van der Waals surface area contributed by atoms with Gasteiger partial charge in [-0.1, -0.05) is 17.7 Å². The molecule has 0 bridgehead atoms. The van der Waals surface area contributed by atoms with Crippen molar-refractivity contribution in [3.05, 3.63) is 74.8 Å². The van der Waals surface area contributed by atoms with Gasteiger partial charge in [0, 0.05) is 52.6 Å². The number of amidine groups is 1. The van der Waals surface area contributed by atoms with E-state index in [9.17, 15) is 27.6 Å². The molecule has 2 aliphatic heterocycles. The highest BCUT2D eigenvalue weighted by molar-refractivity contribution is 7.11. The van der Waals surface area contributed by atoms with Gasteiger partial charge < -0.3 is 30.1 Å². The second-order valence-electron chi connectivity index (χ2n) is 9.98. The molecule has 0 saturated carbocycles. The normalized spacial score (nSPS) is 19.3. The molecule has 3 N–H and O–H groups in total. The fourth-order valence-corrected chi connectivity index (χ4v) is 5.98. The number of carboxylic acid groups (broad SMARTS) is 1. The first-order valence-electron chi connectivity index (χ1n) is 13.3. The minimum absolute atomic E-state index is 0.0281. The summed E-state index contributed by atoms with van der Waals surface area (Å²) in [5.41, 5.74) is -0.0889. The summed E-state index contributed by atoms with van der Waals surface area (Å²) >= 11 is 7.76. The van der Waals surface area contributed by atoms with Gasteiger partial charge in [-0.15, -0.1) is 11.3 Å². The number of thiazole rings is 1. The van der Waals surface area contributed by atoms with Crippen molar-refractivity contribution in [2.45, 2.75) is 31.0 Å². The van der Waals surface area contributed by atoms with Gasteiger partial charge in [-0.2, -0.15) is 13.9 Å². The zero-order valence-electron chi connectivity index (χ0n) is 23.4. The number of hydrogen-bond donors (Lipinski definition) is 3. The zero-order valence-corrected chi connectivity index (χ0v) is 24.9. The molecule has 2 aromatic heterocycles. The Hall–Kier alpha value is -4.64. The molecule has 45 heavy (non-hydrogen) atoms. The van der Waals surface area contributed by atoms with Crippen molar-refractivity contribution in [3.8, 4) is 0 Å². The number of aliphatic carboxylic acids is 1. The maximum atomic E-state index is 14.1. The van der Waals surface area contributed by atoms with E-state index < -0.39 is 48.7 Å². The lowest BCUT2D eigenvalue weighted by molar-refractivity contribution is -0.136. The number of amides is 2. The minimum Gasteiger partial charge on any atom is -0.481 e. The van der Waals surface area contributed by atoms with E-state index in [0.717, 1.165) is 19.4 Å². The van der Waals surface area contributed by atoms with Crippen molar-refractivity contribution < 1.29 is 42.1 Å². The second kappa shape index (κ2) is 13.2. The topological polar surface area (TPSA) is 160 Å². The highest BCUT2D eigenvalue weighted by Gasteiger charge is 2.50. The number of nitrogens with one attached hydrogen (secondary N) is 2. The van der Waals surface area contributed by atoms with Crippen LogP contribution in [0.15, 0.2) is 52.7 Å². The predicted octanol–water partition coefficient (Wildman–Crippen LogP) is 4.44. The standard InChI is InChI=1S/C27H25ClF3N7O6S/c1-43-26(42)35-27(13-44-25(41)33-6-4-19(39)40)11-18-20(17-5-8-38(36-17)24(30)31)21(15-3-2-14(29)10-16(15)28)34-22(37(18)12-27)23-32-7-9-45-23/h2-3,5,7-10,21,24H,4,6,11-13H2,1H3,(H,33,41)(H,35,42)(H,39,40)/t21-,27+/m0/s1. The van der Waals surface area contributed by atoms with Crippen LogP contribution < -0.4 is 10.6 Å². The Morgan fingerprint density at radius 1 is 1.27 bits per heavy atom. The molecule has 238 valence electrons. The third-order valence-corrected chi connectivity index (χ3v) is 8.09. The number of fused-ring (bicyclic) bond motifs is 1. The molecule has 3 aromatic rings. The average molecular weight is 668 g/mol. The molecule has 0 radical (unpaired) electrons.